The van der Waals surface area contributed by atoms with Crippen LogP contribution in [-0.2, 0) is 9.59 Å². The molecule has 38 heavy (non-hydrogen) atoms. The fourth-order valence-corrected chi connectivity index (χ4v) is 5.21. The highest BCUT2D eigenvalue weighted by atomic mass is 79.9. The Morgan fingerprint density at radius 2 is 1.79 bits per heavy atom. The van der Waals surface area contributed by atoms with Gasteiger partial charge in [0.15, 0.2) is 0 Å². The number of amides is 1. The van der Waals surface area contributed by atoms with Crippen LogP contribution in [0.3, 0.4) is 0 Å². The molecule has 0 fully saturated rings. The number of carboxylic acids is 1. The minimum Gasteiger partial charge on any atom is -0.496 e. The van der Waals surface area contributed by atoms with Crippen LogP contribution in [-0.4, -0.2) is 39.8 Å². The molecule has 2 heterocycles. The molecule has 8 nitrogen and oxygen atoms in total. The number of methoxy groups -OCH3 is 1. The quantitative estimate of drug-likeness (QED) is 0.303. The molecule has 1 aromatic heterocycles. The Kier molecular flexibility index (Phi) is 7.11. The first-order chi connectivity index (χ1) is 18.4. The zero-order valence-electron chi connectivity index (χ0n) is 20.5. The monoisotopic (exact) mass is 573 g/mol. The third-order valence-corrected chi connectivity index (χ3v) is 7.04. The van der Waals surface area contributed by atoms with E-state index in [9.17, 15) is 14.4 Å². The Bertz CT molecular complexity index is 1630. The number of rotatable bonds is 7. The number of nitrogens with zero attached hydrogens (tertiary/aromatic N) is 2. The van der Waals surface area contributed by atoms with Gasteiger partial charge in [-0.1, -0.05) is 64.5 Å². The summed E-state index contributed by atoms with van der Waals surface area (Å²) in [5.74, 6) is -0.942. The van der Waals surface area contributed by atoms with Crippen LogP contribution < -0.4 is 10.3 Å². The van der Waals surface area contributed by atoms with Gasteiger partial charge in [0, 0.05) is 39.3 Å². The molecular formula is C29H24BrN3O5. The number of fused-ring (bicyclic) bond motifs is 1. The van der Waals surface area contributed by atoms with E-state index in [1.54, 1.807) is 13.2 Å². The molecular weight excluding hydrogens is 550 g/mol. The molecule has 1 atom stereocenters. The lowest BCUT2D eigenvalue weighted by atomic mass is 9.91. The van der Waals surface area contributed by atoms with Crippen LogP contribution in [0, 0.1) is 0 Å². The summed E-state index contributed by atoms with van der Waals surface area (Å²) in [7, 11) is 1.55. The van der Waals surface area contributed by atoms with Crippen molar-refractivity contribution in [3.05, 3.63) is 98.7 Å². The van der Waals surface area contributed by atoms with E-state index < -0.39 is 17.9 Å². The number of H-pyrrole nitrogens is 1. The summed E-state index contributed by atoms with van der Waals surface area (Å²) < 4.78 is 6.41. The lowest BCUT2D eigenvalue weighted by molar-refractivity contribution is -0.141. The first-order valence-corrected chi connectivity index (χ1v) is 12.8. The van der Waals surface area contributed by atoms with Crippen LogP contribution in [0.2, 0.25) is 0 Å². The van der Waals surface area contributed by atoms with E-state index in [1.807, 2.05) is 66.7 Å². The molecule has 0 bridgehead atoms. The number of halogens is 1. The van der Waals surface area contributed by atoms with Crippen LogP contribution in [0.15, 0.2) is 87.2 Å². The van der Waals surface area contributed by atoms with Crippen molar-refractivity contribution in [1.29, 1.82) is 0 Å². The van der Waals surface area contributed by atoms with E-state index in [-0.39, 0.29) is 24.8 Å². The van der Waals surface area contributed by atoms with Crippen molar-refractivity contribution in [3.8, 4) is 16.9 Å². The van der Waals surface area contributed by atoms with Crippen molar-refractivity contribution in [1.82, 2.24) is 9.99 Å². The molecule has 3 aromatic carbocycles. The number of aromatic amines is 1. The Balaban J connectivity index is 1.71. The van der Waals surface area contributed by atoms with Crippen LogP contribution in [0.4, 0.5) is 0 Å². The Morgan fingerprint density at radius 3 is 2.53 bits per heavy atom. The highest BCUT2D eigenvalue weighted by Gasteiger charge is 2.36. The fourth-order valence-electron chi connectivity index (χ4n) is 4.85. The average Bonchev–Trinajstić information content (AvgIpc) is 3.36. The summed E-state index contributed by atoms with van der Waals surface area (Å²) in [5, 5.41) is 15.9. The summed E-state index contributed by atoms with van der Waals surface area (Å²) >= 11 is 3.54. The standard InChI is InChI=1S/C29H24BrN3O5/c1-38-24-10-6-5-9-19(24)23-16-22(32-33(23)25(34)13-14-26(35)36)28-27(17-7-3-2-4-8-17)20-15-18(30)11-12-21(20)31-29(28)37/h2-12,15,23H,13-14,16H2,1H3,(H,31,37)(H,35,36). The maximum absolute atomic E-state index is 13.6. The number of carbonyl (C=O) groups excluding carboxylic acids is 1. The van der Waals surface area contributed by atoms with Gasteiger partial charge in [0.1, 0.15) is 5.75 Å². The lowest BCUT2D eigenvalue weighted by Gasteiger charge is -2.23. The first-order valence-electron chi connectivity index (χ1n) is 12.0. The molecule has 2 N–H and O–H groups in total. The number of hydrazone groups is 1. The molecule has 4 aromatic rings. The molecule has 1 unspecified atom stereocenters. The van der Waals surface area contributed by atoms with Crippen molar-refractivity contribution in [2.24, 2.45) is 5.10 Å². The first kappa shape index (κ1) is 25.4. The normalized spacial score (nSPS) is 14.9. The predicted molar refractivity (Wildman–Crippen MR) is 148 cm³/mol. The molecule has 0 saturated carbocycles. The third-order valence-electron chi connectivity index (χ3n) is 6.54. The number of benzene rings is 3. The molecule has 1 amide bonds. The Hall–Kier alpha value is -4.24. The molecule has 0 radical (unpaired) electrons. The number of aliphatic carboxylic acids is 1. The van der Waals surface area contributed by atoms with Gasteiger partial charge in [-0.2, -0.15) is 5.10 Å². The molecule has 5 rings (SSSR count). The topological polar surface area (TPSA) is 112 Å². The molecule has 192 valence electrons. The smallest absolute Gasteiger partial charge is 0.303 e. The van der Waals surface area contributed by atoms with Gasteiger partial charge in [0.05, 0.1) is 30.8 Å². The SMILES string of the molecule is COc1ccccc1C1CC(c2c(-c3ccccc3)c3cc(Br)ccc3[nH]c2=O)=NN1C(=O)CCC(=O)O. The van der Waals surface area contributed by atoms with E-state index in [0.29, 0.717) is 28.1 Å². The van der Waals surface area contributed by atoms with Gasteiger partial charge in [-0.15, -0.1) is 0 Å². The van der Waals surface area contributed by atoms with Gasteiger partial charge in [-0.25, -0.2) is 5.01 Å². The van der Waals surface area contributed by atoms with Crippen LogP contribution >= 0.6 is 15.9 Å². The van der Waals surface area contributed by atoms with Crippen LogP contribution in [0.5, 0.6) is 5.75 Å². The van der Waals surface area contributed by atoms with Crippen LogP contribution in [0.25, 0.3) is 22.0 Å². The van der Waals surface area contributed by atoms with Crippen molar-refractivity contribution in [2.75, 3.05) is 7.11 Å². The van der Waals surface area contributed by atoms with Gasteiger partial charge in [-0.05, 0) is 29.8 Å². The van der Waals surface area contributed by atoms with Crippen LogP contribution in [0.1, 0.15) is 36.4 Å². The summed E-state index contributed by atoms with van der Waals surface area (Å²) in [6, 6.07) is 22.0. The third kappa shape index (κ3) is 4.84. The van der Waals surface area contributed by atoms with E-state index in [4.69, 9.17) is 9.84 Å². The lowest BCUT2D eigenvalue weighted by Crippen LogP contribution is -2.27. The second-order valence-electron chi connectivity index (χ2n) is 8.90. The van der Waals surface area contributed by atoms with E-state index in [1.165, 1.54) is 5.01 Å². The van der Waals surface area contributed by atoms with Gasteiger partial charge in [0.25, 0.3) is 5.56 Å². The van der Waals surface area contributed by atoms with Crippen molar-refractivity contribution >= 4 is 44.4 Å². The number of ether oxygens (including phenoxy) is 1. The van der Waals surface area contributed by atoms with E-state index in [2.05, 4.69) is 26.0 Å². The zero-order valence-corrected chi connectivity index (χ0v) is 22.1. The number of pyridine rings is 1. The second kappa shape index (κ2) is 10.6. The number of nitrogens with one attached hydrogen (secondary N) is 1. The van der Waals surface area contributed by atoms with Gasteiger partial charge in [0.2, 0.25) is 5.91 Å². The summed E-state index contributed by atoms with van der Waals surface area (Å²) in [6.07, 6.45) is -0.287. The number of carboxylic acid groups (broad SMARTS) is 1. The molecule has 1 aliphatic heterocycles. The van der Waals surface area contributed by atoms with E-state index >= 15 is 0 Å². The second-order valence-corrected chi connectivity index (χ2v) is 9.82. The minimum absolute atomic E-state index is 0.218. The average molecular weight is 574 g/mol. The number of aromatic nitrogens is 1. The van der Waals surface area contributed by atoms with Gasteiger partial charge in [-0.3, -0.25) is 14.4 Å². The van der Waals surface area contributed by atoms with Gasteiger partial charge >= 0.3 is 5.97 Å². The van der Waals surface area contributed by atoms with E-state index in [0.717, 1.165) is 21.0 Å². The van der Waals surface area contributed by atoms with Crippen molar-refractivity contribution in [2.45, 2.75) is 25.3 Å². The maximum atomic E-state index is 13.6. The fraction of sp³-hybridized carbons (Fsp3) is 0.172. The van der Waals surface area contributed by atoms with Crippen molar-refractivity contribution < 1.29 is 19.4 Å². The number of carbonyl (C=O) groups is 2. The predicted octanol–water partition coefficient (Wildman–Crippen LogP) is 5.51. The summed E-state index contributed by atoms with van der Waals surface area (Å²) in [4.78, 5) is 41.0. The number of hydrogen-bond acceptors (Lipinski definition) is 5. The number of hydrogen-bond donors (Lipinski definition) is 2. The summed E-state index contributed by atoms with van der Waals surface area (Å²) in [6.45, 7) is 0. The van der Waals surface area contributed by atoms with Gasteiger partial charge < -0.3 is 14.8 Å². The molecule has 0 saturated heterocycles. The highest BCUT2D eigenvalue weighted by molar-refractivity contribution is 9.10. The molecule has 1 aliphatic rings. The Morgan fingerprint density at radius 1 is 1.05 bits per heavy atom. The largest absolute Gasteiger partial charge is 0.496 e. The summed E-state index contributed by atoms with van der Waals surface area (Å²) in [5.41, 5.74) is 3.43. The maximum Gasteiger partial charge on any atom is 0.303 e. The minimum atomic E-state index is -1.07. The molecule has 9 heteroatoms. The highest BCUT2D eigenvalue weighted by Crippen LogP contribution is 2.40. The number of para-hydroxylation sites is 1. The Labute approximate surface area is 226 Å². The van der Waals surface area contributed by atoms with Crippen molar-refractivity contribution in [3.63, 3.8) is 0 Å². The molecule has 0 spiro atoms. The molecule has 0 aliphatic carbocycles. The zero-order chi connectivity index (χ0) is 26.8.